The van der Waals surface area contributed by atoms with Gasteiger partial charge in [0.25, 0.3) is 0 Å². The van der Waals surface area contributed by atoms with Crippen molar-refractivity contribution in [2.24, 2.45) is 0 Å². The first-order chi connectivity index (χ1) is 4.74. The molecule has 1 aromatic rings. The van der Waals surface area contributed by atoms with Crippen LogP contribution < -0.4 is 0 Å². The first-order valence-electron chi connectivity index (χ1n) is 3.54. The first-order valence-corrected chi connectivity index (χ1v) is 3.54. The third-order valence-corrected chi connectivity index (χ3v) is 1.58. The predicted octanol–water partition coefficient (Wildman–Crippen LogP) is 1.89. The highest BCUT2D eigenvalue weighted by atomic mass is 16.4. The lowest BCUT2D eigenvalue weighted by atomic mass is 10.1. The molecule has 1 rings (SSSR count). The van der Waals surface area contributed by atoms with Gasteiger partial charge in [-0.25, -0.2) is 0 Å². The smallest absolute Gasteiger partial charge is 0.219 e. The van der Waals surface area contributed by atoms with Crippen molar-refractivity contribution < 1.29 is 4.42 Å². The topological polar surface area (TPSA) is 38.9 Å². The molecule has 56 valence electrons. The van der Waals surface area contributed by atoms with Crippen LogP contribution >= 0.6 is 0 Å². The van der Waals surface area contributed by atoms with Crippen LogP contribution in [-0.4, -0.2) is 10.2 Å². The summed E-state index contributed by atoms with van der Waals surface area (Å²) in [4.78, 5) is 0. The summed E-state index contributed by atoms with van der Waals surface area (Å²) in [6.45, 7) is 5.98. The molecule has 1 aromatic heterocycles. The summed E-state index contributed by atoms with van der Waals surface area (Å²) in [5.74, 6) is 1.79. The number of aryl methyl sites for hydroxylation is 1. The maximum Gasteiger partial charge on any atom is 0.219 e. The fraction of sp³-hybridized carbons (Fsp3) is 0.714. The van der Waals surface area contributed by atoms with Gasteiger partial charge in [0, 0.05) is 12.8 Å². The second kappa shape index (κ2) is 2.82. The molecule has 0 amide bonds. The number of hydrogen-bond donors (Lipinski definition) is 0. The Morgan fingerprint density at radius 3 is 2.60 bits per heavy atom. The zero-order valence-electron chi connectivity index (χ0n) is 6.59. The van der Waals surface area contributed by atoms with Crippen molar-refractivity contribution in [1.29, 1.82) is 0 Å². The van der Waals surface area contributed by atoms with E-state index >= 15 is 0 Å². The molecule has 0 fully saturated rings. The molecule has 0 N–H and O–H groups in total. The Labute approximate surface area is 60.5 Å². The second-order valence-electron chi connectivity index (χ2n) is 2.47. The Bertz CT molecular complexity index is 207. The molecule has 0 spiro atoms. The van der Waals surface area contributed by atoms with Crippen molar-refractivity contribution >= 4 is 0 Å². The van der Waals surface area contributed by atoms with Gasteiger partial charge in [0.05, 0.1) is 0 Å². The van der Waals surface area contributed by atoms with Crippen molar-refractivity contribution in [1.82, 2.24) is 10.2 Å². The minimum atomic E-state index is 0.390. The summed E-state index contributed by atoms with van der Waals surface area (Å²) in [6.07, 6.45) is 1.04. The first kappa shape index (κ1) is 7.25. The van der Waals surface area contributed by atoms with Gasteiger partial charge in [-0.2, -0.15) is 0 Å². The van der Waals surface area contributed by atoms with Crippen LogP contribution in [0.25, 0.3) is 0 Å². The summed E-state index contributed by atoms with van der Waals surface area (Å²) in [6, 6.07) is 0. The van der Waals surface area contributed by atoms with Crippen molar-refractivity contribution in [2.45, 2.75) is 33.1 Å². The molecule has 0 aromatic carbocycles. The van der Waals surface area contributed by atoms with Gasteiger partial charge < -0.3 is 4.42 Å². The lowest BCUT2D eigenvalue weighted by molar-refractivity contribution is 0.433. The average Bonchev–Trinajstić information content (AvgIpc) is 2.34. The van der Waals surface area contributed by atoms with Crippen molar-refractivity contribution in [3.05, 3.63) is 11.8 Å². The Balaban J connectivity index is 2.74. The van der Waals surface area contributed by atoms with Gasteiger partial charge in [0.15, 0.2) is 0 Å². The minimum Gasteiger partial charge on any atom is -0.425 e. The van der Waals surface area contributed by atoms with E-state index in [0.717, 1.165) is 12.3 Å². The van der Waals surface area contributed by atoms with E-state index in [0.29, 0.717) is 11.8 Å². The summed E-state index contributed by atoms with van der Waals surface area (Å²) in [5, 5.41) is 7.64. The van der Waals surface area contributed by atoms with Gasteiger partial charge in [-0.3, -0.25) is 0 Å². The Hall–Kier alpha value is -0.860. The monoisotopic (exact) mass is 140 g/mol. The number of rotatable bonds is 2. The van der Waals surface area contributed by atoms with Crippen LogP contribution in [0.4, 0.5) is 0 Å². The van der Waals surface area contributed by atoms with Gasteiger partial charge in [0.1, 0.15) is 0 Å². The van der Waals surface area contributed by atoms with Crippen LogP contribution in [0.2, 0.25) is 0 Å². The quantitative estimate of drug-likeness (QED) is 0.629. The Morgan fingerprint density at radius 2 is 2.20 bits per heavy atom. The molecule has 0 aliphatic carbocycles. The molecule has 0 aliphatic rings. The zero-order chi connectivity index (χ0) is 7.56. The lowest BCUT2D eigenvalue weighted by Gasteiger charge is -1.98. The molecule has 0 saturated heterocycles. The van der Waals surface area contributed by atoms with E-state index in [2.05, 4.69) is 24.0 Å². The highest BCUT2D eigenvalue weighted by molar-refractivity contribution is 4.86. The van der Waals surface area contributed by atoms with Crippen LogP contribution in [0.3, 0.4) is 0 Å². The third-order valence-electron chi connectivity index (χ3n) is 1.58. The average molecular weight is 140 g/mol. The third kappa shape index (κ3) is 1.35. The minimum absolute atomic E-state index is 0.390. The molecule has 0 bridgehead atoms. The number of hydrogen-bond acceptors (Lipinski definition) is 3. The van der Waals surface area contributed by atoms with Crippen molar-refractivity contribution in [3.63, 3.8) is 0 Å². The number of aromatic nitrogens is 2. The molecule has 0 unspecified atom stereocenters. The molecular weight excluding hydrogens is 128 g/mol. The fourth-order valence-electron chi connectivity index (χ4n) is 0.686. The van der Waals surface area contributed by atoms with E-state index in [1.807, 2.05) is 0 Å². The van der Waals surface area contributed by atoms with E-state index in [9.17, 15) is 0 Å². The van der Waals surface area contributed by atoms with Crippen molar-refractivity contribution in [3.8, 4) is 0 Å². The van der Waals surface area contributed by atoms with Crippen LogP contribution in [0.5, 0.6) is 0 Å². The van der Waals surface area contributed by atoms with E-state index in [4.69, 9.17) is 4.42 Å². The van der Waals surface area contributed by atoms with Gasteiger partial charge in [-0.05, 0) is 6.42 Å². The zero-order valence-corrected chi connectivity index (χ0v) is 6.59. The maximum absolute atomic E-state index is 5.21. The Morgan fingerprint density at radius 1 is 1.50 bits per heavy atom. The molecule has 10 heavy (non-hydrogen) atoms. The summed E-state index contributed by atoms with van der Waals surface area (Å²) in [5.41, 5.74) is 0. The van der Waals surface area contributed by atoms with Crippen LogP contribution in [0.1, 0.15) is 38.0 Å². The van der Waals surface area contributed by atoms with Gasteiger partial charge in [-0.15, -0.1) is 10.2 Å². The van der Waals surface area contributed by atoms with Gasteiger partial charge in [-0.1, -0.05) is 13.8 Å². The SMILES string of the molecule is CC[C@H](C)c1nnc(C)o1. The standard InChI is InChI=1S/C7H12N2O/c1-4-5(2)7-9-8-6(3)10-7/h5H,4H2,1-3H3/t5-/m0/s1. The summed E-state index contributed by atoms with van der Waals surface area (Å²) >= 11 is 0. The van der Waals surface area contributed by atoms with Crippen LogP contribution in [0.15, 0.2) is 4.42 Å². The van der Waals surface area contributed by atoms with Gasteiger partial charge in [0.2, 0.25) is 11.8 Å². The van der Waals surface area contributed by atoms with E-state index < -0.39 is 0 Å². The highest BCUT2D eigenvalue weighted by Gasteiger charge is 2.08. The highest BCUT2D eigenvalue weighted by Crippen LogP contribution is 2.15. The fourth-order valence-corrected chi connectivity index (χ4v) is 0.686. The molecule has 3 nitrogen and oxygen atoms in total. The maximum atomic E-state index is 5.21. The van der Waals surface area contributed by atoms with E-state index in [1.54, 1.807) is 6.92 Å². The van der Waals surface area contributed by atoms with E-state index in [1.165, 1.54) is 0 Å². The van der Waals surface area contributed by atoms with Gasteiger partial charge >= 0.3 is 0 Å². The summed E-state index contributed by atoms with van der Waals surface area (Å²) in [7, 11) is 0. The van der Waals surface area contributed by atoms with E-state index in [-0.39, 0.29) is 0 Å². The molecule has 3 heteroatoms. The largest absolute Gasteiger partial charge is 0.425 e. The Kier molecular flexibility index (Phi) is 2.04. The molecule has 0 aliphatic heterocycles. The predicted molar refractivity (Wildman–Crippen MR) is 37.7 cm³/mol. The van der Waals surface area contributed by atoms with Crippen LogP contribution in [0, 0.1) is 6.92 Å². The normalized spacial score (nSPS) is 13.5. The molecule has 0 saturated carbocycles. The lowest BCUT2D eigenvalue weighted by Crippen LogP contribution is -1.90. The van der Waals surface area contributed by atoms with Crippen LogP contribution in [-0.2, 0) is 0 Å². The van der Waals surface area contributed by atoms with Crippen molar-refractivity contribution in [2.75, 3.05) is 0 Å². The second-order valence-corrected chi connectivity index (χ2v) is 2.47. The molecule has 1 atom stereocenters. The summed E-state index contributed by atoms with van der Waals surface area (Å²) < 4.78 is 5.21. The number of nitrogens with zero attached hydrogens (tertiary/aromatic N) is 2. The molecule has 1 heterocycles. The molecule has 0 radical (unpaired) electrons. The molecular formula is C7H12N2O.